The van der Waals surface area contributed by atoms with E-state index < -0.39 is 27.8 Å². The molecule has 1 amide bonds. The van der Waals surface area contributed by atoms with Gasteiger partial charge in [0, 0.05) is 30.2 Å². The summed E-state index contributed by atoms with van der Waals surface area (Å²) in [5.41, 5.74) is 0.270. The number of carbonyl (C=O) groups excluding carboxylic acids is 2. The second-order valence-electron chi connectivity index (χ2n) is 7.39. The summed E-state index contributed by atoms with van der Waals surface area (Å²) < 4.78 is 42.6. The van der Waals surface area contributed by atoms with E-state index in [0.717, 1.165) is 0 Å². The third-order valence-corrected chi connectivity index (χ3v) is 7.52. The Morgan fingerprint density at radius 1 is 1.06 bits per heavy atom. The molecular formula is C22H25ClN2O7S. The van der Waals surface area contributed by atoms with Crippen molar-refractivity contribution in [3.8, 4) is 11.5 Å². The lowest BCUT2D eigenvalue weighted by Crippen LogP contribution is -2.43. The van der Waals surface area contributed by atoms with Gasteiger partial charge in [0.05, 0.1) is 43.4 Å². The van der Waals surface area contributed by atoms with Crippen LogP contribution < -0.4 is 14.8 Å². The number of rotatable bonds is 7. The van der Waals surface area contributed by atoms with Gasteiger partial charge in [0.25, 0.3) is 0 Å². The van der Waals surface area contributed by atoms with Gasteiger partial charge >= 0.3 is 5.97 Å². The smallest absolute Gasteiger partial charge is 0.340 e. The zero-order valence-corrected chi connectivity index (χ0v) is 20.0. The van der Waals surface area contributed by atoms with Crippen LogP contribution in [0.4, 0.5) is 5.69 Å². The number of amides is 1. The number of ether oxygens (including phenoxy) is 3. The van der Waals surface area contributed by atoms with Gasteiger partial charge in [0.2, 0.25) is 15.9 Å². The van der Waals surface area contributed by atoms with E-state index in [1.807, 2.05) is 0 Å². The highest BCUT2D eigenvalue weighted by molar-refractivity contribution is 7.89. The molecule has 2 aromatic carbocycles. The predicted octanol–water partition coefficient (Wildman–Crippen LogP) is 3.18. The van der Waals surface area contributed by atoms with Gasteiger partial charge in [-0.2, -0.15) is 4.31 Å². The van der Waals surface area contributed by atoms with E-state index in [1.165, 1.54) is 62.0 Å². The number of hydrogen-bond acceptors (Lipinski definition) is 7. The molecule has 1 heterocycles. The number of sulfonamides is 1. The van der Waals surface area contributed by atoms with Crippen LogP contribution in [0.5, 0.6) is 11.5 Å². The molecule has 1 atom stereocenters. The molecule has 0 radical (unpaired) electrons. The molecule has 2 aromatic rings. The summed E-state index contributed by atoms with van der Waals surface area (Å²) in [5, 5.41) is 3.16. The maximum atomic E-state index is 13.1. The highest BCUT2D eigenvalue weighted by Crippen LogP contribution is 2.34. The summed E-state index contributed by atoms with van der Waals surface area (Å²) in [6.45, 7) is 0.316. The van der Waals surface area contributed by atoms with Gasteiger partial charge in [0.15, 0.2) is 11.5 Å². The van der Waals surface area contributed by atoms with E-state index in [-0.39, 0.29) is 22.7 Å². The molecule has 11 heteroatoms. The summed E-state index contributed by atoms with van der Waals surface area (Å²) >= 11 is 5.86. The van der Waals surface area contributed by atoms with Crippen molar-refractivity contribution < 1.29 is 32.2 Å². The normalized spacial score (nSPS) is 16.7. The number of methoxy groups -OCH3 is 3. The predicted molar refractivity (Wildman–Crippen MR) is 122 cm³/mol. The minimum atomic E-state index is -3.78. The molecule has 0 aromatic heterocycles. The van der Waals surface area contributed by atoms with Crippen LogP contribution in [0.1, 0.15) is 23.2 Å². The lowest BCUT2D eigenvalue weighted by molar-refractivity contribution is -0.120. The summed E-state index contributed by atoms with van der Waals surface area (Å²) in [7, 11) is 0.306. The van der Waals surface area contributed by atoms with Gasteiger partial charge in [-0.25, -0.2) is 13.2 Å². The Kier molecular flexibility index (Phi) is 7.83. The lowest BCUT2D eigenvalue weighted by atomic mass is 9.98. The van der Waals surface area contributed by atoms with Crippen molar-refractivity contribution >= 4 is 39.2 Å². The molecule has 1 saturated heterocycles. The number of hydrogen-bond donors (Lipinski definition) is 1. The quantitative estimate of drug-likeness (QED) is 0.586. The highest BCUT2D eigenvalue weighted by atomic mass is 35.5. The van der Waals surface area contributed by atoms with E-state index in [0.29, 0.717) is 35.9 Å². The Balaban J connectivity index is 1.83. The molecule has 1 aliphatic heterocycles. The van der Waals surface area contributed by atoms with E-state index in [1.54, 1.807) is 0 Å². The van der Waals surface area contributed by atoms with Crippen LogP contribution in [0.3, 0.4) is 0 Å². The van der Waals surface area contributed by atoms with Crippen molar-refractivity contribution in [2.75, 3.05) is 39.7 Å². The van der Waals surface area contributed by atoms with Gasteiger partial charge < -0.3 is 19.5 Å². The van der Waals surface area contributed by atoms with Crippen molar-refractivity contribution in [1.29, 1.82) is 0 Å². The van der Waals surface area contributed by atoms with Crippen LogP contribution in [-0.4, -0.2) is 59.0 Å². The minimum Gasteiger partial charge on any atom is -0.493 e. The standard InChI is InChI=1S/C22H25ClN2O7S/c1-30-19-11-17(22(27)32-3)18(12-20(19)31-2)24-21(26)14-5-4-10-25(13-14)33(28,29)16-8-6-15(23)7-9-16/h6-9,11-12,14H,4-5,10,13H2,1-3H3,(H,24,26). The summed E-state index contributed by atoms with van der Waals surface area (Å²) in [5.74, 6) is -1.07. The van der Waals surface area contributed by atoms with Crippen LogP contribution in [0.15, 0.2) is 41.3 Å². The number of nitrogens with one attached hydrogen (secondary N) is 1. The Bertz CT molecular complexity index is 1140. The average molecular weight is 497 g/mol. The summed E-state index contributed by atoms with van der Waals surface area (Å²) in [6, 6.07) is 8.77. The fourth-order valence-corrected chi connectivity index (χ4v) is 5.28. The number of nitrogens with zero attached hydrogens (tertiary/aromatic N) is 1. The van der Waals surface area contributed by atoms with Crippen LogP contribution in [0, 0.1) is 5.92 Å². The maximum absolute atomic E-state index is 13.1. The first-order valence-electron chi connectivity index (χ1n) is 10.1. The highest BCUT2D eigenvalue weighted by Gasteiger charge is 2.34. The molecule has 178 valence electrons. The van der Waals surface area contributed by atoms with Gasteiger partial charge in [-0.3, -0.25) is 4.79 Å². The van der Waals surface area contributed by atoms with Crippen LogP contribution in [0.2, 0.25) is 5.02 Å². The third-order valence-electron chi connectivity index (χ3n) is 5.39. The molecule has 33 heavy (non-hydrogen) atoms. The first-order chi connectivity index (χ1) is 15.7. The molecular weight excluding hydrogens is 472 g/mol. The zero-order chi connectivity index (χ0) is 24.2. The molecule has 1 unspecified atom stereocenters. The monoisotopic (exact) mass is 496 g/mol. The van der Waals surface area contributed by atoms with Crippen molar-refractivity contribution in [2.45, 2.75) is 17.7 Å². The van der Waals surface area contributed by atoms with E-state index in [9.17, 15) is 18.0 Å². The first kappa shape index (κ1) is 24.8. The van der Waals surface area contributed by atoms with Gasteiger partial charge in [-0.05, 0) is 37.1 Å². The molecule has 0 bridgehead atoms. The van der Waals surface area contributed by atoms with E-state index in [2.05, 4.69) is 5.32 Å². The molecule has 0 saturated carbocycles. The fraction of sp³-hybridized carbons (Fsp3) is 0.364. The first-order valence-corrected chi connectivity index (χ1v) is 11.9. The second kappa shape index (κ2) is 10.4. The number of esters is 1. The fourth-order valence-electron chi connectivity index (χ4n) is 3.63. The number of halogens is 1. The second-order valence-corrected chi connectivity index (χ2v) is 9.76. The number of carbonyl (C=O) groups is 2. The topological polar surface area (TPSA) is 111 Å². The minimum absolute atomic E-state index is 0.0115. The van der Waals surface area contributed by atoms with Crippen molar-refractivity contribution in [2.24, 2.45) is 5.92 Å². The Morgan fingerprint density at radius 2 is 1.70 bits per heavy atom. The van der Waals surface area contributed by atoms with E-state index >= 15 is 0 Å². The zero-order valence-electron chi connectivity index (χ0n) is 18.5. The largest absolute Gasteiger partial charge is 0.493 e. The van der Waals surface area contributed by atoms with Crippen molar-refractivity contribution in [1.82, 2.24) is 4.31 Å². The number of piperidine rings is 1. The van der Waals surface area contributed by atoms with Crippen LogP contribution >= 0.6 is 11.6 Å². The molecule has 1 aliphatic rings. The lowest BCUT2D eigenvalue weighted by Gasteiger charge is -2.31. The molecule has 1 N–H and O–H groups in total. The van der Waals surface area contributed by atoms with Crippen LogP contribution in [-0.2, 0) is 19.6 Å². The Labute approximate surface area is 197 Å². The van der Waals surface area contributed by atoms with Crippen molar-refractivity contribution in [3.63, 3.8) is 0 Å². The Hall–Kier alpha value is -2.82. The number of anilines is 1. The van der Waals surface area contributed by atoms with Gasteiger partial charge in [-0.15, -0.1) is 0 Å². The van der Waals surface area contributed by atoms with Crippen LogP contribution in [0.25, 0.3) is 0 Å². The van der Waals surface area contributed by atoms with Gasteiger partial charge in [0.1, 0.15) is 0 Å². The summed E-state index contributed by atoms with van der Waals surface area (Å²) in [6.07, 6.45) is 1.01. The third kappa shape index (κ3) is 5.40. The molecule has 9 nitrogen and oxygen atoms in total. The SMILES string of the molecule is COC(=O)c1cc(OC)c(OC)cc1NC(=O)C1CCCN(S(=O)(=O)c2ccc(Cl)cc2)C1. The Morgan fingerprint density at radius 3 is 2.30 bits per heavy atom. The molecule has 1 fully saturated rings. The molecule has 3 rings (SSSR count). The van der Waals surface area contributed by atoms with Crippen molar-refractivity contribution in [3.05, 3.63) is 47.0 Å². The van der Waals surface area contributed by atoms with Gasteiger partial charge in [-0.1, -0.05) is 11.6 Å². The molecule has 0 spiro atoms. The van der Waals surface area contributed by atoms with E-state index in [4.69, 9.17) is 25.8 Å². The molecule has 0 aliphatic carbocycles. The summed E-state index contributed by atoms with van der Waals surface area (Å²) in [4.78, 5) is 25.4. The average Bonchev–Trinajstić information content (AvgIpc) is 2.83. The maximum Gasteiger partial charge on any atom is 0.340 e. The number of benzene rings is 2.